The third kappa shape index (κ3) is 1.93. The van der Waals surface area contributed by atoms with E-state index in [4.69, 9.17) is 5.73 Å². The lowest BCUT2D eigenvalue weighted by Gasteiger charge is -2.41. The zero-order valence-corrected chi connectivity index (χ0v) is 9.95. The lowest BCUT2D eigenvalue weighted by Crippen LogP contribution is -2.51. The molecular formula is C13H17FN2O. The third-order valence-corrected chi connectivity index (χ3v) is 3.67. The fraction of sp³-hybridized carbons (Fsp3) is 0.462. The first-order valence-electron chi connectivity index (χ1n) is 5.83. The summed E-state index contributed by atoms with van der Waals surface area (Å²) >= 11 is 0. The van der Waals surface area contributed by atoms with Crippen molar-refractivity contribution >= 4 is 11.6 Å². The van der Waals surface area contributed by atoms with Gasteiger partial charge in [0, 0.05) is 13.6 Å². The summed E-state index contributed by atoms with van der Waals surface area (Å²) in [5, 5.41) is 0. The molecule has 0 unspecified atom stereocenters. The number of rotatable bonds is 3. The standard InChI is InChI=1S/C13H17FN2O/c1-16(11-6-3-2-5-10(11)14)12(17)13(9-15)7-4-8-13/h2-3,5-6H,4,7-9,15H2,1H3. The molecule has 0 aromatic heterocycles. The molecule has 0 aliphatic heterocycles. The summed E-state index contributed by atoms with van der Waals surface area (Å²) < 4.78 is 13.6. The van der Waals surface area contributed by atoms with Gasteiger partial charge in [0.1, 0.15) is 5.82 Å². The molecule has 1 aromatic carbocycles. The normalized spacial score (nSPS) is 17.4. The molecule has 17 heavy (non-hydrogen) atoms. The Morgan fingerprint density at radius 1 is 1.47 bits per heavy atom. The van der Waals surface area contributed by atoms with Crippen LogP contribution in [0.4, 0.5) is 10.1 Å². The minimum absolute atomic E-state index is 0.0728. The second-order valence-corrected chi connectivity index (χ2v) is 4.65. The molecule has 2 rings (SSSR count). The average molecular weight is 236 g/mol. The second kappa shape index (κ2) is 4.45. The minimum atomic E-state index is -0.461. The fourth-order valence-electron chi connectivity index (χ4n) is 2.30. The SMILES string of the molecule is CN(C(=O)C1(CN)CCC1)c1ccccc1F. The maximum absolute atomic E-state index is 13.6. The van der Waals surface area contributed by atoms with Gasteiger partial charge in [0.15, 0.2) is 0 Å². The molecule has 4 heteroatoms. The predicted octanol–water partition coefficient (Wildman–Crippen LogP) is 1.92. The number of carbonyl (C=O) groups is 1. The molecule has 0 atom stereocenters. The van der Waals surface area contributed by atoms with Crippen molar-refractivity contribution in [3.05, 3.63) is 30.1 Å². The Kier molecular flexibility index (Phi) is 3.15. The summed E-state index contributed by atoms with van der Waals surface area (Å²) in [6, 6.07) is 6.29. The zero-order chi connectivity index (χ0) is 12.5. The van der Waals surface area contributed by atoms with Crippen molar-refractivity contribution in [3.63, 3.8) is 0 Å². The molecule has 1 aliphatic rings. The Bertz CT molecular complexity index is 424. The number of para-hydroxylation sites is 1. The molecule has 0 heterocycles. The van der Waals surface area contributed by atoms with Crippen molar-refractivity contribution in [3.8, 4) is 0 Å². The Labute approximate surface area is 100 Å². The summed E-state index contributed by atoms with van der Waals surface area (Å²) in [7, 11) is 1.61. The van der Waals surface area contributed by atoms with E-state index < -0.39 is 5.41 Å². The van der Waals surface area contributed by atoms with Crippen molar-refractivity contribution in [1.82, 2.24) is 0 Å². The number of nitrogens with zero attached hydrogens (tertiary/aromatic N) is 1. The van der Waals surface area contributed by atoms with Gasteiger partial charge >= 0.3 is 0 Å². The van der Waals surface area contributed by atoms with Crippen LogP contribution in [0.15, 0.2) is 24.3 Å². The molecule has 92 valence electrons. The number of anilines is 1. The molecule has 0 saturated heterocycles. The number of amides is 1. The molecule has 0 spiro atoms. The van der Waals surface area contributed by atoms with Crippen LogP contribution in [-0.2, 0) is 4.79 Å². The van der Waals surface area contributed by atoms with Crippen molar-refractivity contribution in [2.24, 2.45) is 11.1 Å². The van der Waals surface area contributed by atoms with Gasteiger partial charge in [-0.2, -0.15) is 0 Å². The fourth-order valence-corrected chi connectivity index (χ4v) is 2.30. The van der Waals surface area contributed by atoms with Crippen LogP contribution in [0.5, 0.6) is 0 Å². The van der Waals surface area contributed by atoms with Crippen molar-refractivity contribution in [2.45, 2.75) is 19.3 Å². The smallest absolute Gasteiger partial charge is 0.234 e. The first-order valence-corrected chi connectivity index (χ1v) is 5.83. The van der Waals surface area contributed by atoms with E-state index in [1.807, 2.05) is 0 Å². The van der Waals surface area contributed by atoms with E-state index in [1.165, 1.54) is 11.0 Å². The first kappa shape index (κ1) is 12.0. The highest BCUT2D eigenvalue weighted by Crippen LogP contribution is 2.42. The van der Waals surface area contributed by atoms with Crippen molar-refractivity contribution in [2.75, 3.05) is 18.5 Å². The Balaban J connectivity index is 2.23. The van der Waals surface area contributed by atoms with E-state index in [0.717, 1.165) is 19.3 Å². The molecule has 2 N–H and O–H groups in total. The molecule has 0 radical (unpaired) electrons. The summed E-state index contributed by atoms with van der Waals surface area (Å²) in [5.41, 5.74) is 5.54. The van der Waals surface area contributed by atoms with Crippen LogP contribution in [0, 0.1) is 11.2 Å². The van der Waals surface area contributed by atoms with Gasteiger partial charge in [-0.3, -0.25) is 4.79 Å². The highest BCUT2D eigenvalue weighted by Gasteiger charge is 2.44. The number of hydrogen-bond acceptors (Lipinski definition) is 2. The molecular weight excluding hydrogens is 219 g/mol. The maximum Gasteiger partial charge on any atom is 0.234 e. The number of hydrogen-bond donors (Lipinski definition) is 1. The van der Waals surface area contributed by atoms with E-state index in [0.29, 0.717) is 12.2 Å². The zero-order valence-electron chi connectivity index (χ0n) is 9.95. The van der Waals surface area contributed by atoms with Gasteiger partial charge in [0.2, 0.25) is 5.91 Å². The second-order valence-electron chi connectivity index (χ2n) is 4.65. The Hall–Kier alpha value is -1.42. The quantitative estimate of drug-likeness (QED) is 0.871. The Morgan fingerprint density at radius 2 is 2.12 bits per heavy atom. The van der Waals surface area contributed by atoms with Crippen LogP contribution in [0.25, 0.3) is 0 Å². The first-order chi connectivity index (χ1) is 8.10. The van der Waals surface area contributed by atoms with Gasteiger partial charge in [0.05, 0.1) is 11.1 Å². The largest absolute Gasteiger partial charge is 0.329 e. The van der Waals surface area contributed by atoms with Crippen LogP contribution in [0.1, 0.15) is 19.3 Å². The lowest BCUT2D eigenvalue weighted by atomic mass is 9.68. The monoisotopic (exact) mass is 236 g/mol. The molecule has 1 amide bonds. The summed E-state index contributed by atoms with van der Waals surface area (Å²) in [6.45, 7) is 0.338. The van der Waals surface area contributed by atoms with Crippen molar-refractivity contribution < 1.29 is 9.18 Å². The van der Waals surface area contributed by atoms with Gasteiger partial charge in [0.25, 0.3) is 0 Å². The number of benzene rings is 1. The topological polar surface area (TPSA) is 46.3 Å². The number of carbonyl (C=O) groups excluding carboxylic acids is 1. The average Bonchev–Trinajstić information content (AvgIpc) is 2.28. The lowest BCUT2D eigenvalue weighted by molar-refractivity contribution is -0.132. The molecule has 1 aromatic rings. The summed E-state index contributed by atoms with van der Waals surface area (Å²) in [5.74, 6) is -0.453. The molecule has 1 aliphatic carbocycles. The highest BCUT2D eigenvalue weighted by molar-refractivity contribution is 5.98. The third-order valence-electron chi connectivity index (χ3n) is 3.67. The Morgan fingerprint density at radius 3 is 2.59 bits per heavy atom. The van der Waals surface area contributed by atoms with Crippen LogP contribution < -0.4 is 10.6 Å². The van der Waals surface area contributed by atoms with Gasteiger partial charge < -0.3 is 10.6 Å². The van der Waals surface area contributed by atoms with E-state index in [9.17, 15) is 9.18 Å². The maximum atomic E-state index is 13.6. The minimum Gasteiger partial charge on any atom is -0.329 e. The van der Waals surface area contributed by atoms with Gasteiger partial charge in [-0.25, -0.2) is 4.39 Å². The van der Waals surface area contributed by atoms with E-state index in [1.54, 1.807) is 25.2 Å². The van der Waals surface area contributed by atoms with Crippen LogP contribution in [-0.4, -0.2) is 19.5 Å². The molecule has 3 nitrogen and oxygen atoms in total. The van der Waals surface area contributed by atoms with E-state index >= 15 is 0 Å². The highest BCUT2D eigenvalue weighted by atomic mass is 19.1. The van der Waals surface area contributed by atoms with Gasteiger partial charge in [-0.1, -0.05) is 18.6 Å². The van der Waals surface area contributed by atoms with Crippen LogP contribution in [0.2, 0.25) is 0 Å². The predicted molar refractivity (Wildman–Crippen MR) is 65.1 cm³/mol. The van der Waals surface area contributed by atoms with Crippen molar-refractivity contribution in [1.29, 1.82) is 0 Å². The summed E-state index contributed by atoms with van der Waals surface area (Å²) in [4.78, 5) is 13.7. The molecule has 0 bridgehead atoms. The number of nitrogens with two attached hydrogens (primary N) is 1. The number of halogens is 1. The van der Waals surface area contributed by atoms with E-state index in [2.05, 4.69) is 0 Å². The van der Waals surface area contributed by atoms with Gasteiger partial charge in [-0.15, -0.1) is 0 Å². The van der Waals surface area contributed by atoms with Crippen LogP contribution in [0.3, 0.4) is 0 Å². The van der Waals surface area contributed by atoms with E-state index in [-0.39, 0.29) is 11.7 Å². The van der Waals surface area contributed by atoms with Crippen LogP contribution >= 0.6 is 0 Å². The molecule has 1 fully saturated rings. The van der Waals surface area contributed by atoms with Gasteiger partial charge in [-0.05, 0) is 25.0 Å². The molecule has 1 saturated carbocycles. The summed E-state index contributed by atoms with van der Waals surface area (Å²) in [6.07, 6.45) is 2.64.